The van der Waals surface area contributed by atoms with Crippen molar-refractivity contribution < 1.29 is 8.42 Å². The summed E-state index contributed by atoms with van der Waals surface area (Å²) in [6.07, 6.45) is 2.01. The summed E-state index contributed by atoms with van der Waals surface area (Å²) in [6, 6.07) is 8.46. The summed E-state index contributed by atoms with van der Waals surface area (Å²) in [7, 11) is -1.66. The standard InChI is InChI=1S/C13H15N5O2S/c1-18-10-15-13(17-18)6-7-16-21(19,20)9-12-4-2-11(8-14)3-5-12/h2-5,10,16H,6-7,9H2,1H3. The molecule has 110 valence electrons. The molecule has 21 heavy (non-hydrogen) atoms. The molecule has 0 unspecified atom stereocenters. The largest absolute Gasteiger partial charge is 0.256 e. The highest BCUT2D eigenvalue weighted by molar-refractivity contribution is 7.88. The fourth-order valence-electron chi connectivity index (χ4n) is 1.76. The summed E-state index contributed by atoms with van der Waals surface area (Å²) in [5, 5.41) is 12.8. The minimum absolute atomic E-state index is 0.117. The molecule has 0 amide bonds. The average molecular weight is 305 g/mol. The lowest BCUT2D eigenvalue weighted by molar-refractivity contribution is 0.579. The van der Waals surface area contributed by atoms with Crippen LogP contribution in [-0.4, -0.2) is 29.7 Å². The van der Waals surface area contributed by atoms with Crippen LogP contribution in [0.25, 0.3) is 0 Å². The number of aromatic nitrogens is 3. The van der Waals surface area contributed by atoms with E-state index in [9.17, 15) is 8.42 Å². The van der Waals surface area contributed by atoms with Gasteiger partial charge in [0.2, 0.25) is 10.0 Å². The van der Waals surface area contributed by atoms with Crippen LogP contribution in [0, 0.1) is 11.3 Å². The number of aryl methyl sites for hydroxylation is 1. The minimum atomic E-state index is -3.41. The van der Waals surface area contributed by atoms with E-state index < -0.39 is 10.0 Å². The lowest BCUT2D eigenvalue weighted by Crippen LogP contribution is -2.27. The summed E-state index contributed by atoms with van der Waals surface area (Å²) in [4.78, 5) is 4.02. The van der Waals surface area contributed by atoms with Gasteiger partial charge in [0.05, 0.1) is 17.4 Å². The normalized spacial score (nSPS) is 11.2. The molecule has 0 saturated heterocycles. The van der Waals surface area contributed by atoms with Crippen molar-refractivity contribution in [1.29, 1.82) is 5.26 Å². The Morgan fingerprint density at radius 3 is 2.62 bits per heavy atom. The fraction of sp³-hybridized carbons (Fsp3) is 0.308. The lowest BCUT2D eigenvalue weighted by atomic mass is 10.2. The van der Waals surface area contributed by atoms with E-state index in [2.05, 4.69) is 14.8 Å². The van der Waals surface area contributed by atoms with Crippen LogP contribution in [0.3, 0.4) is 0 Å². The van der Waals surface area contributed by atoms with Crippen molar-refractivity contribution >= 4 is 10.0 Å². The van der Waals surface area contributed by atoms with Crippen molar-refractivity contribution in [3.63, 3.8) is 0 Å². The van der Waals surface area contributed by atoms with E-state index in [0.717, 1.165) is 0 Å². The Bertz CT molecular complexity index is 744. The lowest BCUT2D eigenvalue weighted by Gasteiger charge is -2.05. The maximum atomic E-state index is 11.9. The predicted octanol–water partition coefficient (Wildman–Crippen LogP) is 0.349. The summed E-state index contributed by atoms with van der Waals surface area (Å²) >= 11 is 0. The van der Waals surface area contributed by atoms with Gasteiger partial charge in [-0.1, -0.05) is 12.1 Å². The Kier molecular flexibility index (Phi) is 4.67. The molecule has 0 aliphatic rings. The van der Waals surface area contributed by atoms with Crippen LogP contribution >= 0.6 is 0 Å². The van der Waals surface area contributed by atoms with Crippen molar-refractivity contribution in [2.24, 2.45) is 7.05 Å². The van der Waals surface area contributed by atoms with Crippen LogP contribution < -0.4 is 4.72 Å². The van der Waals surface area contributed by atoms with E-state index in [1.807, 2.05) is 6.07 Å². The Balaban J connectivity index is 1.88. The van der Waals surface area contributed by atoms with Crippen LogP contribution in [0.2, 0.25) is 0 Å². The van der Waals surface area contributed by atoms with Crippen LogP contribution in [-0.2, 0) is 29.2 Å². The number of hydrogen-bond donors (Lipinski definition) is 1. The molecule has 1 N–H and O–H groups in total. The Hall–Kier alpha value is -2.24. The maximum absolute atomic E-state index is 11.9. The van der Waals surface area contributed by atoms with Crippen molar-refractivity contribution in [1.82, 2.24) is 19.5 Å². The van der Waals surface area contributed by atoms with Crippen LogP contribution in [0.15, 0.2) is 30.6 Å². The highest BCUT2D eigenvalue weighted by atomic mass is 32.2. The number of sulfonamides is 1. The van der Waals surface area contributed by atoms with Gasteiger partial charge in [-0.2, -0.15) is 10.4 Å². The van der Waals surface area contributed by atoms with E-state index in [0.29, 0.717) is 23.4 Å². The minimum Gasteiger partial charge on any atom is -0.256 e. The molecule has 0 saturated carbocycles. The Morgan fingerprint density at radius 2 is 2.05 bits per heavy atom. The van der Waals surface area contributed by atoms with Gasteiger partial charge >= 0.3 is 0 Å². The zero-order valence-corrected chi connectivity index (χ0v) is 12.3. The van der Waals surface area contributed by atoms with Gasteiger partial charge in [-0.15, -0.1) is 0 Å². The fourth-order valence-corrected chi connectivity index (χ4v) is 2.91. The monoisotopic (exact) mass is 305 g/mol. The van der Waals surface area contributed by atoms with Crippen LogP contribution in [0.4, 0.5) is 0 Å². The zero-order chi connectivity index (χ0) is 15.3. The Morgan fingerprint density at radius 1 is 1.33 bits per heavy atom. The number of benzene rings is 1. The van der Waals surface area contributed by atoms with E-state index >= 15 is 0 Å². The SMILES string of the molecule is Cn1cnc(CCNS(=O)(=O)Cc2ccc(C#N)cc2)n1. The van der Waals surface area contributed by atoms with Crippen molar-refractivity contribution in [3.05, 3.63) is 47.5 Å². The molecule has 1 aromatic carbocycles. The third kappa shape index (κ3) is 4.66. The topological polar surface area (TPSA) is 101 Å². The van der Waals surface area contributed by atoms with E-state index in [4.69, 9.17) is 5.26 Å². The van der Waals surface area contributed by atoms with Gasteiger partial charge in [0.1, 0.15) is 6.33 Å². The van der Waals surface area contributed by atoms with Gasteiger partial charge in [-0.25, -0.2) is 18.1 Å². The number of hydrogen-bond acceptors (Lipinski definition) is 5. The molecule has 1 heterocycles. The number of nitriles is 1. The second-order valence-corrected chi connectivity index (χ2v) is 6.35. The van der Waals surface area contributed by atoms with Gasteiger partial charge in [-0.05, 0) is 17.7 Å². The van der Waals surface area contributed by atoms with Crippen LogP contribution in [0.1, 0.15) is 17.0 Å². The van der Waals surface area contributed by atoms with E-state index in [-0.39, 0.29) is 12.3 Å². The van der Waals surface area contributed by atoms with Gasteiger partial charge in [0.25, 0.3) is 0 Å². The maximum Gasteiger partial charge on any atom is 0.215 e. The van der Waals surface area contributed by atoms with Gasteiger partial charge < -0.3 is 0 Å². The smallest absolute Gasteiger partial charge is 0.215 e. The summed E-state index contributed by atoms with van der Waals surface area (Å²) in [5.41, 5.74) is 1.14. The third-order valence-electron chi connectivity index (χ3n) is 2.76. The van der Waals surface area contributed by atoms with Crippen molar-refractivity contribution in [2.45, 2.75) is 12.2 Å². The third-order valence-corrected chi connectivity index (χ3v) is 4.11. The molecular formula is C13H15N5O2S. The molecule has 0 aliphatic heterocycles. The molecule has 0 radical (unpaired) electrons. The van der Waals surface area contributed by atoms with Gasteiger partial charge in [0.15, 0.2) is 5.82 Å². The highest BCUT2D eigenvalue weighted by Crippen LogP contribution is 2.07. The molecule has 0 aliphatic carbocycles. The van der Waals surface area contributed by atoms with Crippen molar-refractivity contribution in [3.8, 4) is 6.07 Å². The van der Waals surface area contributed by atoms with Gasteiger partial charge in [0, 0.05) is 20.0 Å². The quantitative estimate of drug-likeness (QED) is 0.830. The molecule has 8 heteroatoms. The first-order valence-electron chi connectivity index (χ1n) is 6.29. The molecular weight excluding hydrogens is 290 g/mol. The molecule has 7 nitrogen and oxygen atoms in total. The molecule has 2 aromatic rings. The van der Waals surface area contributed by atoms with E-state index in [1.54, 1.807) is 42.3 Å². The van der Waals surface area contributed by atoms with Crippen LogP contribution in [0.5, 0.6) is 0 Å². The van der Waals surface area contributed by atoms with Crippen molar-refractivity contribution in [2.75, 3.05) is 6.54 Å². The number of nitrogens with one attached hydrogen (secondary N) is 1. The first-order chi connectivity index (χ1) is 9.98. The second-order valence-electron chi connectivity index (χ2n) is 4.55. The Labute approximate surface area is 123 Å². The highest BCUT2D eigenvalue weighted by Gasteiger charge is 2.11. The van der Waals surface area contributed by atoms with E-state index in [1.165, 1.54) is 0 Å². The molecule has 0 fully saturated rings. The second kappa shape index (κ2) is 6.47. The molecule has 0 bridgehead atoms. The molecule has 0 spiro atoms. The predicted molar refractivity (Wildman–Crippen MR) is 76.5 cm³/mol. The number of rotatable bonds is 6. The summed E-state index contributed by atoms with van der Waals surface area (Å²) < 4.78 is 27.9. The number of nitrogens with zero attached hydrogens (tertiary/aromatic N) is 4. The first-order valence-corrected chi connectivity index (χ1v) is 7.94. The average Bonchev–Trinajstić information content (AvgIpc) is 2.84. The summed E-state index contributed by atoms with van der Waals surface area (Å²) in [6.45, 7) is 0.253. The summed E-state index contributed by atoms with van der Waals surface area (Å²) in [5.74, 6) is 0.479. The molecule has 1 aromatic heterocycles. The first kappa shape index (κ1) is 15.2. The molecule has 0 atom stereocenters. The molecule has 2 rings (SSSR count). The zero-order valence-electron chi connectivity index (χ0n) is 11.5. The van der Waals surface area contributed by atoms with Gasteiger partial charge in [-0.3, -0.25) is 4.68 Å².